The third-order valence-electron chi connectivity index (χ3n) is 2.64. The molecule has 1 atom stereocenters. The standard InChI is InChI=1S/C13H21N/c1-4-11(2)9-14-10-13-7-5-12(3)6-8-13/h5-8,11,14H,4,9-10H2,1-3H3. The summed E-state index contributed by atoms with van der Waals surface area (Å²) < 4.78 is 0. The van der Waals surface area contributed by atoms with Crippen LogP contribution in [0.5, 0.6) is 0 Å². The molecule has 1 rings (SSSR count). The minimum Gasteiger partial charge on any atom is -0.312 e. The Labute approximate surface area is 87.5 Å². The van der Waals surface area contributed by atoms with Gasteiger partial charge >= 0.3 is 0 Å². The van der Waals surface area contributed by atoms with Crippen LogP contribution in [-0.4, -0.2) is 6.54 Å². The highest BCUT2D eigenvalue weighted by molar-refractivity contribution is 5.20. The minimum absolute atomic E-state index is 0.778. The summed E-state index contributed by atoms with van der Waals surface area (Å²) in [5.74, 6) is 0.778. The predicted octanol–water partition coefficient (Wildman–Crippen LogP) is 3.13. The van der Waals surface area contributed by atoms with Crippen LogP contribution in [0.1, 0.15) is 31.4 Å². The third-order valence-corrected chi connectivity index (χ3v) is 2.64. The minimum atomic E-state index is 0.778. The molecule has 0 saturated heterocycles. The fourth-order valence-corrected chi connectivity index (χ4v) is 1.31. The number of aryl methyl sites for hydroxylation is 1. The van der Waals surface area contributed by atoms with Crippen LogP contribution in [0, 0.1) is 12.8 Å². The summed E-state index contributed by atoms with van der Waals surface area (Å²) in [7, 11) is 0. The van der Waals surface area contributed by atoms with E-state index in [-0.39, 0.29) is 0 Å². The molecule has 1 nitrogen and oxygen atoms in total. The van der Waals surface area contributed by atoms with Crippen LogP contribution in [0.4, 0.5) is 0 Å². The summed E-state index contributed by atoms with van der Waals surface area (Å²) in [6.07, 6.45) is 1.25. The van der Waals surface area contributed by atoms with Crippen molar-refractivity contribution < 1.29 is 0 Å². The zero-order valence-corrected chi connectivity index (χ0v) is 9.51. The Morgan fingerprint density at radius 3 is 2.43 bits per heavy atom. The van der Waals surface area contributed by atoms with E-state index >= 15 is 0 Å². The lowest BCUT2D eigenvalue weighted by Gasteiger charge is -2.09. The SMILES string of the molecule is CCC(C)CNCc1ccc(C)cc1. The summed E-state index contributed by atoms with van der Waals surface area (Å²) in [5.41, 5.74) is 2.70. The molecule has 0 bridgehead atoms. The molecule has 0 spiro atoms. The summed E-state index contributed by atoms with van der Waals surface area (Å²) in [6.45, 7) is 8.74. The monoisotopic (exact) mass is 191 g/mol. The van der Waals surface area contributed by atoms with Crippen molar-refractivity contribution in [1.29, 1.82) is 0 Å². The van der Waals surface area contributed by atoms with Crippen LogP contribution in [-0.2, 0) is 6.54 Å². The van der Waals surface area contributed by atoms with E-state index in [4.69, 9.17) is 0 Å². The van der Waals surface area contributed by atoms with Gasteiger partial charge in [-0.3, -0.25) is 0 Å². The van der Waals surface area contributed by atoms with Gasteiger partial charge in [0.2, 0.25) is 0 Å². The maximum atomic E-state index is 3.47. The van der Waals surface area contributed by atoms with E-state index in [0.717, 1.165) is 19.0 Å². The number of benzene rings is 1. The van der Waals surface area contributed by atoms with Crippen LogP contribution >= 0.6 is 0 Å². The smallest absolute Gasteiger partial charge is 0.0205 e. The predicted molar refractivity (Wildman–Crippen MR) is 62.3 cm³/mol. The molecular weight excluding hydrogens is 170 g/mol. The van der Waals surface area contributed by atoms with Gasteiger partial charge in [0.05, 0.1) is 0 Å². The van der Waals surface area contributed by atoms with Crippen molar-refractivity contribution in [2.24, 2.45) is 5.92 Å². The zero-order valence-electron chi connectivity index (χ0n) is 9.51. The van der Waals surface area contributed by atoms with Gasteiger partial charge in [-0.25, -0.2) is 0 Å². The quantitative estimate of drug-likeness (QED) is 0.754. The summed E-state index contributed by atoms with van der Waals surface area (Å²) >= 11 is 0. The van der Waals surface area contributed by atoms with Gasteiger partial charge in [-0.15, -0.1) is 0 Å². The first-order valence-corrected chi connectivity index (χ1v) is 5.48. The van der Waals surface area contributed by atoms with Gasteiger partial charge in [-0.05, 0) is 24.9 Å². The van der Waals surface area contributed by atoms with E-state index in [0.29, 0.717) is 0 Å². The van der Waals surface area contributed by atoms with Gasteiger partial charge in [-0.2, -0.15) is 0 Å². The molecular formula is C13H21N. The average molecular weight is 191 g/mol. The first kappa shape index (κ1) is 11.3. The molecule has 14 heavy (non-hydrogen) atoms. The molecule has 0 aliphatic carbocycles. The third kappa shape index (κ3) is 3.93. The van der Waals surface area contributed by atoms with Crippen LogP contribution in [0.2, 0.25) is 0 Å². The van der Waals surface area contributed by atoms with Gasteiger partial charge in [0.15, 0.2) is 0 Å². The van der Waals surface area contributed by atoms with Gasteiger partial charge in [-0.1, -0.05) is 50.1 Å². The molecule has 1 aromatic carbocycles. The molecule has 1 aromatic rings. The summed E-state index contributed by atoms with van der Waals surface area (Å²) in [4.78, 5) is 0. The van der Waals surface area contributed by atoms with Crippen LogP contribution in [0.3, 0.4) is 0 Å². The van der Waals surface area contributed by atoms with Gasteiger partial charge in [0.1, 0.15) is 0 Å². The van der Waals surface area contributed by atoms with Crippen LogP contribution in [0.15, 0.2) is 24.3 Å². The maximum absolute atomic E-state index is 3.47. The molecule has 0 radical (unpaired) electrons. The molecule has 1 unspecified atom stereocenters. The van der Waals surface area contributed by atoms with Gasteiger partial charge in [0.25, 0.3) is 0 Å². The fraction of sp³-hybridized carbons (Fsp3) is 0.538. The number of hydrogen-bond donors (Lipinski definition) is 1. The molecule has 0 amide bonds. The number of rotatable bonds is 5. The Morgan fingerprint density at radius 2 is 1.86 bits per heavy atom. The lowest BCUT2D eigenvalue weighted by molar-refractivity contribution is 0.500. The molecule has 0 aromatic heterocycles. The van der Waals surface area contributed by atoms with Crippen molar-refractivity contribution in [3.05, 3.63) is 35.4 Å². The van der Waals surface area contributed by atoms with Crippen LogP contribution in [0.25, 0.3) is 0 Å². The topological polar surface area (TPSA) is 12.0 Å². The number of nitrogens with one attached hydrogen (secondary N) is 1. The van der Waals surface area contributed by atoms with Gasteiger partial charge in [0, 0.05) is 6.54 Å². The van der Waals surface area contributed by atoms with E-state index in [1.54, 1.807) is 0 Å². The summed E-state index contributed by atoms with van der Waals surface area (Å²) in [5, 5.41) is 3.47. The lowest BCUT2D eigenvalue weighted by Crippen LogP contribution is -2.20. The van der Waals surface area contributed by atoms with Crippen molar-refractivity contribution in [2.45, 2.75) is 33.7 Å². The van der Waals surface area contributed by atoms with E-state index in [2.05, 4.69) is 50.4 Å². The molecule has 78 valence electrons. The molecule has 0 saturated carbocycles. The normalized spacial score (nSPS) is 12.8. The van der Waals surface area contributed by atoms with Crippen molar-refractivity contribution >= 4 is 0 Å². The van der Waals surface area contributed by atoms with Crippen molar-refractivity contribution in [3.63, 3.8) is 0 Å². The Bertz CT molecular complexity index is 250. The highest BCUT2D eigenvalue weighted by Crippen LogP contribution is 2.03. The Morgan fingerprint density at radius 1 is 1.21 bits per heavy atom. The second-order valence-electron chi connectivity index (χ2n) is 4.13. The van der Waals surface area contributed by atoms with Crippen molar-refractivity contribution in [1.82, 2.24) is 5.32 Å². The Hall–Kier alpha value is -0.820. The van der Waals surface area contributed by atoms with Crippen molar-refractivity contribution in [2.75, 3.05) is 6.54 Å². The molecule has 1 heteroatoms. The first-order valence-electron chi connectivity index (χ1n) is 5.48. The Kier molecular flexibility index (Phi) is 4.68. The molecule has 0 aliphatic rings. The second kappa shape index (κ2) is 5.82. The molecule has 1 N–H and O–H groups in total. The Balaban J connectivity index is 2.28. The lowest BCUT2D eigenvalue weighted by atomic mass is 10.1. The highest BCUT2D eigenvalue weighted by Gasteiger charge is 1.97. The maximum Gasteiger partial charge on any atom is 0.0205 e. The zero-order chi connectivity index (χ0) is 10.4. The fourth-order valence-electron chi connectivity index (χ4n) is 1.31. The molecule has 0 fully saturated rings. The average Bonchev–Trinajstić information content (AvgIpc) is 2.21. The van der Waals surface area contributed by atoms with E-state index in [1.807, 2.05) is 0 Å². The molecule has 0 aliphatic heterocycles. The molecule has 0 heterocycles. The van der Waals surface area contributed by atoms with Gasteiger partial charge < -0.3 is 5.32 Å². The largest absolute Gasteiger partial charge is 0.312 e. The van der Waals surface area contributed by atoms with E-state index in [1.165, 1.54) is 17.5 Å². The first-order chi connectivity index (χ1) is 6.72. The van der Waals surface area contributed by atoms with Crippen molar-refractivity contribution in [3.8, 4) is 0 Å². The highest BCUT2D eigenvalue weighted by atomic mass is 14.8. The van der Waals surface area contributed by atoms with Crippen LogP contribution < -0.4 is 5.32 Å². The van der Waals surface area contributed by atoms with E-state index < -0.39 is 0 Å². The number of hydrogen-bond acceptors (Lipinski definition) is 1. The van der Waals surface area contributed by atoms with E-state index in [9.17, 15) is 0 Å². The summed E-state index contributed by atoms with van der Waals surface area (Å²) in [6, 6.07) is 8.72. The second-order valence-corrected chi connectivity index (χ2v) is 4.13.